The van der Waals surface area contributed by atoms with Gasteiger partial charge in [-0.1, -0.05) is 30.3 Å². The fourth-order valence-electron chi connectivity index (χ4n) is 3.04. The third kappa shape index (κ3) is 5.21. The molecule has 1 atom stereocenters. The highest BCUT2D eigenvalue weighted by Gasteiger charge is 2.22. The van der Waals surface area contributed by atoms with Crippen LogP contribution in [0.25, 0.3) is 11.0 Å². The van der Waals surface area contributed by atoms with E-state index in [1.165, 1.54) is 23.9 Å². The van der Waals surface area contributed by atoms with Crippen molar-refractivity contribution in [3.63, 3.8) is 0 Å². The maximum atomic E-state index is 12.5. The van der Waals surface area contributed by atoms with Crippen LogP contribution in [0, 0.1) is 6.92 Å². The van der Waals surface area contributed by atoms with E-state index >= 15 is 0 Å². The maximum Gasteiger partial charge on any atom is 0.340 e. The van der Waals surface area contributed by atoms with Crippen LogP contribution >= 0.6 is 11.8 Å². The van der Waals surface area contributed by atoms with Gasteiger partial charge in [-0.25, -0.2) is 9.59 Å². The molecule has 0 saturated carbocycles. The molecule has 1 amide bonds. The summed E-state index contributed by atoms with van der Waals surface area (Å²) < 4.78 is 5.21. The first kappa shape index (κ1) is 21.4. The lowest BCUT2D eigenvalue weighted by molar-refractivity contribution is -0.141. The number of carbonyl (C=O) groups is 2. The lowest BCUT2D eigenvalue weighted by Gasteiger charge is -2.15. The zero-order chi connectivity index (χ0) is 21.7. The van der Waals surface area contributed by atoms with Crippen molar-refractivity contribution in [2.75, 3.05) is 5.75 Å². The monoisotopic (exact) mass is 427 g/mol. The topological polar surface area (TPSA) is 117 Å². The number of carbonyl (C=O) groups excluding carboxylic acids is 1. The van der Waals surface area contributed by atoms with E-state index in [0.717, 1.165) is 5.56 Å². The molecule has 1 unspecified atom stereocenters. The van der Waals surface area contributed by atoms with Gasteiger partial charge in [-0.2, -0.15) is 11.8 Å². The molecule has 0 spiro atoms. The summed E-state index contributed by atoms with van der Waals surface area (Å²) >= 11 is 1.40. The fourth-order valence-corrected chi connectivity index (χ4v) is 4.04. The molecule has 30 heavy (non-hydrogen) atoms. The normalized spacial score (nSPS) is 11.9. The highest BCUT2D eigenvalue weighted by atomic mass is 32.2. The summed E-state index contributed by atoms with van der Waals surface area (Å²) in [6, 6.07) is 12.9. The Hall–Kier alpha value is -3.26. The summed E-state index contributed by atoms with van der Waals surface area (Å²) in [7, 11) is 0. The number of hydrogen-bond donors (Lipinski definition) is 3. The number of amides is 1. The molecule has 0 radical (unpaired) electrons. The van der Waals surface area contributed by atoms with E-state index in [1.54, 1.807) is 13.0 Å². The highest BCUT2D eigenvalue weighted by Crippen LogP contribution is 2.23. The van der Waals surface area contributed by atoms with E-state index in [-0.39, 0.29) is 29.1 Å². The van der Waals surface area contributed by atoms with Crippen LogP contribution in [0.4, 0.5) is 0 Å². The first-order valence-corrected chi connectivity index (χ1v) is 10.4. The number of aryl methyl sites for hydroxylation is 1. The molecule has 0 bridgehead atoms. The van der Waals surface area contributed by atoms with Gasteiger partial charge in [0.15, 0.2) is 0 Å². The molecule has 2 aromatic carbocycles. The van der Waals surface area contributed by atoms with Crippen LogP contribution in [0.5, 0.6) is 5.75 Å². The van der Waals surface area contributed by atoms with Crippen molar-refractivity contribution in [1.82, 2.24) is 5.32 Å². The van der Waals surface area contributed by atoms with E-state index < -0.39 is 23.5 Å². The first-order valence-electron chi connectivity index (χ1n) is 9.24. The SMILES string of the molecule is Cc1c(CC(=O)NC(CSCc2ccccc2)C(=O)O)c(=O)oc2cc(O)ccc12. The van der Waals surface area contributed by atoms with Gasteiger partial charge in [0.2, 0.25) is 5.91 Å². The average molecular weight is 427 g/mol. The standard InChI is InChI=1S/C22H21NO6S/c1-13-16-8-7-15(24)9-19(16)29-22(28)17(13)10-20(25)23-18(21(26)27)12-30-11-14-5-3-2-4-6-14/h2-9,18,24H,10-12H2,1H3,(H,23,25)(H,26,27). The molecule has 0 saturated heterocycles. The molecule has 8 heteroatoms. The zero-order valence-electron chi connectivity index (χ0n) is 16.3. The Kier molecular flexibility index (Phi) is 6.79. The number of phenols is 1. The third-order valence-electron chi connectivity index (χ3n) is 4.64. The number of nitrogens with one attached hydrogen (secondary N) is 1. The molecular weight excluding hydrogens is 406 g/mol. The number of rotatable bonds is 8. The maximum absolute atomic E-state index is 12.5. The van der Waals surface area contributed by atoms with Crippen molar-refractivity contribution in [1.29, 1.82) is 0 Å². The zero-order valence-corrected chi connectivity index (χ0v) is 17.1. The van der Waals surface area contributed by atoms with Crippen molar-refractivity contribution in [3.05, 3.63) is 75.6 Å². The molecule has 3 aromatic rings. The Morgan fingerprint density at radius 1 is 1.17 bits per heavy atom. The number of thioether (sulfide) groups is 1. The van der Waals surface area contributed by atoms with Crippen LogP contribution in [0.2, 0.25) is 0 Å². The Balaban J connectivity index is 1.67. The Labute approximate surface area is 176 Å². The van der Waals surface area contributed by atoms with Gasteiger partial charge in [-0.05, 0) is 30.2 Å². The van der Waals surface area contributed by atoms with Crippen LogP contribution < -0.4 is 10.9 Å². The van der Waals surface area contributed by atoms with E-state index in [9.17, 15) is 24.6 Å². The van der Waals surface area contributed by atoms with Crippen molar-refractivity contribution in [2.45, 2.75) is 25.1 Å². The largest absolute Gasteiger partial charge is 0.508 e. The molecule has 1 aromatic heterocycles. The first-order chi connectivity index (χ1) is 14.3. The van der Waals surface area contributed by atoms with Crippen molar-refractivity contribution in [3.8, 4) is 5.75 Å². The molecule has 156 valence electrons. The molecule has 0 fully saturated rings. The van der Waals surface area contributed by atoms with E-state index in [4.69, 9.17) is 4.42 Å². The lowest BCUT2D eigenvalue weighted by Crippen LogP contribution is -2.43. The highest BCUT2D eigenvalue weighted by molar-refractivity contribution is 7.98. The second-order valence-electron chi connectivity index (χ2n) is 6.81. The minimum Gasteiger partial charge on any atom is -0.508 e. The molecule has 0 aliphatic rings. The summed E-state index contributed by atoms with van der Waals surface area (Å²) in [4.78, 5) is 36.3. The number of benzene rings is 2. The van der Waals surface area contributed by atoms with Crippen LogP contribution in [0.15, 0.2) is 57.7 Å². The summed E-state index contributed by atoms with van der Waals surface area (Å²) in [5, 5.41) is 22.1. The number of aliphatic carboxylic acids is 1. The number of aromatic hydroxyl groups is 1. The van der Waals surface area contributed by atoms with Crippen molar-refractivity contribution >= 4 is 34.6 Å². The summed E-state index contributed by atoms with van der Waals surface area (Å²) in [5.74, 6) is -0.924. The van der Waals surface area contributed by atoms with Gasteiger partial charge in [-0.3, -0.25) is 4.79 Å². The Bertz CT molecular complexity index is 1130. The molecule has 3 N–H and O–H groups in total. The number of phenolic OH excluding ortho intramolecular Hbond substituents is 1. The van der Waals surface area contributed by atoms with E-state index in [1.807, 2.05) is 30.3 Å². The third-order valence-corrected chi connectivity index (χ3v) is 5.74. The number of fused-ring (bicyclic) bond motifs is 1. The second-order valence-corrected chi connectivity index (χ2v) is 7.84. The predicted octanol–water partition coefficient (Wildman–Crippen LogP) is 2.85. The molecule has 3 rings (SSSR count). The number of carboxylic acids is 1. The second kappa shape index (κ2) is 9.49. The lowest BCUT2D eigenvalue weighted by atomic mass is 10.0. The van der Waals surface area contributed by atoms with Crippen LogP contribution in [-0.2, 0) is 21.8 Å². The Morgan fingerprint density at radius 3 is 2.60 bits per heavy atom. The van der Waals surface area contributed by atoms with Gasteiger partial charge in [0, 0.05) is 23.0 Å². The van der Waals surface area contributed by atoms with Gasteiger partial charge in [0.1, 0.15) is 17.4 Å². The van der Waals surface area contributed by atoms with Crippen molar-refractivity contribution < 1.29 is 24.2 Å². The quantitative estimate of drug-likeness (QED) is 0.473. The summed E-state index contributed by atoms with van der Waals surface area (Å²) in [6.45, 7) is 1.68. The Morgan fingerprint density at radius 2 is 1.90 bits per heavy atom. The van der Waals surface area contributed by atoms with Gasteiger partial charge in [0.05, 0.1) is 12.0 Å². The smallest absolute Gasteiger partial charge is 0.340 e. The van der Waals surface area contributed by atoms with Gasteiger partial charge in [0.25, 0.3) is 0 Å². The predicted molar refractivity (Wildman–Crippen MR) is 115 cm³/mol. The minimum atomic E-state index is -1.14. The van der Waals surface area contributed by atoms with Crippen molar-refractivity contribution in [2.24, 2.45) is 0 Å². The molecule has 0 aliphatic carbocycles. The summed E-state index contributed by atoms with van der Waals surface area (Å²) in [5.41, 5.74) is 1.32. The number of hydrogen-bond acceptors (Lipinski definition) is 6. The van der Waals surface area contributed by atoms with Crippen LogP contribution in [-0.4, -0.2) is 33.9 Å². The van der Waals surface area contributed by atoms with Crippen LogP contribution in [0.1, 0.15) is 16.7 Å². The molecule has 0 aliphatic heterocycles. The van der Waals surface area contributed by atoms with E-state index in [2.05, 4.69) is 5.32 Å². The minimum absolute atomic E-state index is 0.0344. The average Bonchev–Trinajstić information content (AvgIpc) is 2.70. The van der Waals surface area contributed by atoms with E-state index in [0.29, 0.717) is 16.7 Å². The summed E-state index contributed by atoms with van der Waals surface area (Å²) in [6.07, 6.45) is -0.294. The molecule has 7 nitrogen and oxygen atoms in total. The van der Waals surface area contributed by atoms with Gasteiger partial charge >= 0.3 is 11.6 Å². The number of carboxylic acid groups (broad SMARTS) is 1. The van der Waals surface area contributed by atoms with Crippen LogP contribution in [0.3, 0.4) is 0 Å². The van der Waals surface area contributed by atoms with Gasteiger partial charge in [-0.15, -0.1) is 0 Å². The molecular formula is C22H21NO6S. The fraction of sp³-hybridized carbons (Fsp3) is 0.227. The molecule has 1 heterocycles. The van der Waals surface area contributed by atoms with Gasteiger partial charge < -0.3 is 19.9 Å².